The van der Waals surface area contributed by atoms with Gasteiger partial charge in [0.05, 0.1) is 29.2 Å². The third kappa shape index (κ3) is 21.9. The molecular formula is C36H57NaO7S. The van der Waals surface area contributed by atoms with Crippen LogP contribution in [0.4, 0.5) is 0 Å². The van der Waals surface area contributed by atoms with Gasteiger partial charge in [-0.05, 0) is 64.5 Å². The molecule has 0 atom stereocenters. The summed E-state index contributed by atoms with van der Waals surface area (Å²) in [7, 11) is -5.01. The number of carbonyl (C=O) groups is 2. The van der Waals surface area contributed by atoms with E-state index in [-0.39, 0.29) is 48.3 Å². The fourth-order valence-electron chi connectivity index (χ4n) is 5.14. The number of esters is 2. The average Bonchev–Trinajstić information content (AvgIpc) is 3.00. The van der Waals surface area contributed by atoms with Crippen molar-refractivity contribution in [2.75, 3.05) is 13.2 Å². The third-order valence-electron chi connectivity index (χ3n) is 7.69. The van der Waals surface area contributed by atoms with Crippen LogP contribution in [0.15, 0.2) is 47.4 Å². The Morgan fingerprint density at radius 3 is 1.40 bits per heavy atom. The SMILES string of the molecule is C/C=C/CCCCCCCCCCCOC(=O)c1cccc(S(=O)(=O)[O-])c1C(=O)OCCCCCCCCCCC/C=C/C.[Na+]. The van der Waals surface area contributed by atoms with Crippen molar-refractivity contribution in [1.29, 1.82) is 0 Å². The number of benzene rings is 1. The Bertz CT molecular complexity index is 1080. The Balaban J connectivity index is 0.0000194. The molecule has 0 radical (unpaired) electrons. The van der Waals surface area contributed by atoms with Crippen molar-refractivity contribution in [1.82, 2.24) is 0 Å². The van der Waals surface area contributed by atoms with Crippen molar-refractivity contribution in [2.24, 2.45) is 0 Å². The molecule has 0 amide bonds. The van der Waals surface area contributed by atoms with Gasteiger partial charge in [0, 0.05) is 0 Å². The molecule has 0 N–H and O–H groups in total. The average molecular weight is 657 g/mol. The largest absolute Gasteiger partial charge is 1.00 e. The Hall–Kier alpha value is -1.45. The quantitative estimate of drug-likeness (QED) is 0.0335. The Morgan fingerprint density at radius 2 is 1.00 bits per heavy atom. The number of unbranched alkanes of at least 4 members (excludes halogenated alkanes) is 18. The molecule has 0 fully saturated rings. The topological polar surface area (TPSA) is 110 Å². The standard InChI is InChI=1S/C36H58O7S.Na/c1-3-5-7-9-11-13-15-17-19-21-23-25-30-42-35(37)32-28-27-29-33(44(39,40)41)34(32)36(38)43-31-26-24-22-20-18-16-14-12-10-8-6-4-2;/h3-6,27-29H,7-26,30-31H2,1-2H3,(H,39,40,41);/q;+1/p-1/b5-3+,6-4+;. The van der Waals surface area contributed by atoms with Crippen molar-refractivity contribution >= 4 is 22.1 Å². The van der Waals surface area contributed by atoms with Crippen LogP contribution in [0.5, 0.6) is 0 Å². The first kappa shape index (κ1) is 43.5. The Labute approximate surface area is 296 Å². The van der Waals surface area contributed by atoms with Crippen molar-refractivity contribution in [3.8, 4) is 0 Å². The molecule has 9 heteroatoms. The monoisotopic (exact) mass is 656 g/mol. The van der Waals surface area contributed by atoms with Crippen LogP contribution in [0.1, 0.15) is 163 Å². The van der Waals surface area contributed by atoms with E-state index in [0.717, 1.165) is 57.4 Å². The molecule has 7 nitrogen and oxygen atoms in total. The molecule has 0 spiro atoms. The second-order valence-electron chi connectivity index (χ2n) is 11.5. The van der Waals surface area contributed by atoms with Gasteiger partial charge in [-0.3, -0.25) is 0 Å². The summed E-state index contributed by atoms with van der Waals surface area (Å²) in [6.45, 7) is 4.34. The zero-order chi connectivity index (χ0) is 32.3. The second kappa shape index (κ2) is 28.7. The maximum absolute atomic E-state index is 12.9. The molecule has 1 rings (SSSR count). The maximum Gasteiger partial charge on any atom is 1.00 e. The predicted molar refractivity (Wildman–Crippen MR) is 177 cm³/mol. The number of rotatable bonds is 27. The molecule has 0 heterocycles. The van der Waals surface area contributed by atoms with Crippen LogP contribution >= 0.6 is 0 Å². The minimum atomic E-state index is -5.01. The van der Waals surface area contributed by atoms with E-state index in [2.05, 4.69) is 24.3 Å². The molecule has 0 saturated carbocycles. The van der Waals surface area contributed by atoms with Crippen molar-refractivity contribution in [3.63, 3.8) is 0 Å². The number of allylic oxidation sites excluding steroid dienone is 4. The first-order valence-corrected chi connectivity index (χ1v) is 18.4. The normalized spacial score (nSPS) is 11.6. The van der Waals surface area contributed by atoms with Gasteiger partial charge in [0.25, 0.3) is 0 Å². The van der Waals surface area contributed by atoms with Crippen LogP contribution in [0, 0.1) is 0 Å². The number of ether oxygens (including phenoxy) is 2. The van der Waals surface area contributed by atoms with Gasteiger partial charge in [-0.2, -0.15) is 0 Å². The summed E-state index contributed by atoms with van der Waals surface area (Å²) in [5.41, 5.74) is -0.792. The smallest absolute Gasteiger partial charge is 0.744 e. The summed E-state index contributed by atoms with van der Waals surface area (Å²) in [4.78, 5) is 24.9. The van der Waals surface area contributed by atoms with Crippen molar-refractivity contribution < 1.29 is 61.6 Å². The van der Waals surface area contributed by atoms with Crippen LogP contribution in [0.3, 0.4) is 0 Å². The van der Waals surface area contributed by atoms with Gasteiger partial charge in [0.1, 0.15) is 10.1 Å². The summed E-state index contributed by atoms with van der Waals surface area (Å²) < 4.78 is 46.3. The van der Waals surface area contributed by atoms with E-state index >= 15 is 0 Å². The second-order valence-corrected chi connectivity index (χ2v) is 12.8. The zero-order valence-electron chi connectivity index (χ0n) is 28.4. The number of carbonyl (C=O) groups excluding carboxylic acids is 2. The molecule has 45 heavy (non-hydrogen) atoms. The minimum absolute atomic E-state index is 0. The van der Waals surface area contributed by atoms with Crippen LogP contribution in [-0.4, -0.2) is 38.1 Å². The molecule has 1 aromatic rings. The van der Waals surface area contributed by atoms with Gasteiger partial charge in [-0.1, -0.05) is 120 Å². The zero-order valence-corrected chi connectivity index (χ0v) is 31.2. The minimum Gasteiger partial charge on any atom is -0.744 e. The fraction of sp³-hybridized carbons (Fsp3) is 0.667. The molecule has 250 valence electrons. The van der Waals surface area contributed by atoms with Crippen LogP contribution < -0.4 is 29.6 Å². The molecule has 0 aliphatic carbocycles. The Morgan fingerprint density at radius 1 is 0.622 bits per heavy atom. The van der Waals surface area contributed by atoms with E-state index in [1.807, 2.05) is 13.8 Å². The first-order chi connectivity index (χ1) is 21.3. The Kier molecular flexibility index (Phi) is 27.8. The molecule has 0 saturated heterocycles. The molecule has 1 aromatic carbocycles. The third-order valence-corrected chi connectivity index (χ3v) is 8.57. The summed E-state index contributed by atoms with van der Waals surface area (Å²) in [6.07, 6.45) is 30.7. The fourth-order valence-corrected chi connectivity index (χ4v) is 5.83. The van der Waals surface area contributed by atoms with Crippen LogP contribution in [0.25, 0.3) is 0 Å². The van der Waals surface area contributed by atoms with Gasteiger partial charge >= 0.3 is 41.5 Å². The van der Waals surface area contributed by atoms with E-state index in [1.54, 1.807) is 0 Å². The first-order valence-electron chi connectivity index (χ1n) is 17.0. The van der Waals surface area contributed by atoms with E-state index in [0.29, 0.717) is 12.8 Å². The summed E-state index contributed by atoms with van der Waals surface area (Å²) in [6, 6.07) is 3.59. The molecule has 0 aliphatic heterocycles. The van der Waals surface area contributed by atoms with E-state index in [1.165, 1.54) is 76.3 Å². The van der Waals surface area contributed by atoms with Crippen molar-refractivity contribution in [3.05, 3.63) is 53.6 Å². The van der Waals surface area contributed by atoms with Gasteiger partial charge in [-0.15, -0.1) is 0 Å². The molecular weight excluding hydrogens is 599 g/mol. The van der Waals surface area contributed by atoms with E-state index in [4.69, 9.17) is 9.47 Å². The summed E-state index contributed by atoms with van der Waals surface area (Å²) >= 11 is 0. The van der Waals surface area contributed by atoms with Crippen LogP contribution in [0.2, 0.25) is 0 Å². The molecule has 0 aliphatic rings. The predicted octanol–water partition coefficient (Wildman–Crippen LogP) is 6.86. The van der Waals surface area contributed by atoms with Gasteiger partial charge in [0.2, 0.25) is 0 Å². The number of hydrogen-bond donors (Lipinski definition) is 0. The van der Waals surface area contributed by atoms with Crippen molar-refractivity contribution in [2.45, 2.75) is 147 Å². The van der Waals surface area contributed by atoms with E-state index in [9.17, 15) is 22.6 Å². The summed E-state index contributed by atoms with van der Waals surface area (Å²) in [5, 5.41) is 0. The van der Waals surface area contributed by atoms with E-state index < -0.39 is 32.5 Å². The maximum atomic E-state index is 12.9. The molecule has 0 unspecified atom stereocenters. The van der Waals surface area contributed by atoms with Gasteiger partial charge in [-0.25, -0.2) is 18.0 Å². The van der Waals surface area contributed by atoms with Crippen LogP contribution in [-0.2, 0) is 19.6 Å². The summed E-state index contributed by atoms with van der Waals surface area (Å²) in [5.74, 6) is -1.83. The molecule has 0 aromatic heterocycles. The van der Waals surface area contributed by atoms with Gasteiger partial charge < -0.3 is 14.0 Å². The van der Waals surface area contributed by atoms with Gasteiger partial charge in [0.15, 0.2) is 0 Å². The molecule has 0 bridgehead atoms. The number of hydrogen-bond acceptors (Lipinski definition) is 7.